The predicted octanol–water partition coefficient (Wildman–Crippen LogP) is 0.426. The average molecular weight is 358 g/mol. The maximum absolute atomic E-state index is 12.9. The molecule has 1 aliphatic heterocycles. The van der Waals surface area contributed by atoms with Gasteiger partial charge >= 0.3 is 11.8 Å². The molecule has 1 saturated heterocycles. The van der Waals surface area contributed by atoms with Crippen molar-refractivity contribution in [3.63, 3.8) is 0 Å². The Balaban J connectivity index is 2.08. The summed E-state index contributed by atoms with van der Waals surface area (Å²) < 4.78 is 41.1. The zero-order valence-corrected chi connectivity index (χ0v) is 14.0. The molecule has 0 radical (unpaired) electrons. The van der Waals surface area contributed by atoms with E-state index in [1.54, 1.807) is 0 Å². The minimum atomic E-state index is -3.20. The number of carbonyl (C=O) groups excluding carboxylic acids is 2. The summed E-state index contributed by atoms with van der Waals surface area (Å²) in [6.45, 7) is 0.304. The van der Waals surface area contributed by atoms with Crippen molar-refractivity contribution in [2.45, 2.75) is 12.5 Å². The van der Waals surface area contributed by atoms with Gasteiger partial charge in [0.1, 0.15) is 5.82 Å². The van der Waals surface area contributed by atoms with E-state index in [4.69, 9.17) is 4.74 Å². The van der Waals surface area contributed by atoms with Crippen molar-refractivity contribution in [2.24, 2.45) is 0 Å². The minimum absolute atomic E-state index is 0.00594. The van der Waals surface area contributed by atoms with Gasteiger partial charge in [0.15, 0.2) is 9.84 Å². The maximum atomic E-state index is 12.9. The van der Waals surface area contributed by atoms with Gasteiger partial charge in [0.25, 0.3) is 0 Å². The van der Waals surface area contributed by atoms with E-state index in [1.165, 1.54) is 24.1 Å². The molecule has 1 heterocycles. The summed E-state index contributed by atoms with van der Waals surface area (Å²) in [7, 11) is -1.75. The summed E-state index contributed by atoms with van der Waals surface area (Å²) in [6, 6.07) is 4.44. The monoisotopic (exact) mass is 358 g/mol. The summed E-state index contributed by atoms with van der Waals surface area (Å²) in [5.41, 5.74) is 0.278. The molecule has 24 heavy (non-hydrogen) atoms. The topological polar surface area (TPSA) is 92.8 Å². The normalized spacial score (nSPS) is 19.0. The van der Waals surface area contributed by atoms with Crippen molar-refractivity contribution in [1.82, 2.24) is 4.90 Å². The number of ether oxygens (including phenoxy) is 1. The number of nitrogens with zero attached hydrogens (tertiary/aromatic N) is 1. The molecule has 0 bridgehead atoms. The largest absolute Gasteiger partial charge is 0.383 e. The highest BCUT2D eigenvalue weighted by Gasteiger charge is 2.36. The highest BCUT2D eigenvalue weighted by molar-refractivity contribution is 7.91. The first-order valence-electron chi connectivity index (χ1n) is 7.39. The van der Waals surface area contributed by atoms with E-state index in [9.17, 15) is 22.4 Å². The number of carbonyl (C=O) groups is 2. The lowest BCUT2D eigenvalue weighted by Gasteiger charge is -2.27. The Bertz CT molecular complexity index is 705. The summed E-state index contributed by atoms with van der Waals surface area (Å²) >= 11 is 0. The maximum Gasteiger partial charge on any atom is 0.313 e. The standard InChI is InChI=1S/C15H19FN2O5S/c1-23-8-7-18(13-6-9-24(21,22)10-13)15(20)14(19)17-12-4-2-11(16)3-5-12/h2-5,13H,6-10H2,1H3,(H,17,19). The Morgan fingerprint density at radius 2 is 2.00 bits per heavy atom. The molecule has 0 aliphatic carbocycles. The fourth-order valence-corrected chi connectivity index (χ4v) is 4.24. The van der Waals surface area contributed by atoms with Crippen LogP contribution >= 0.6 is 0 Å². The minimum Gasteiger partial charge on any atom is -0.383 e. The van der Waals surface area contributed by atoms with E-state index in [2.05, 4.69) is 5.32 Å². The molecule has 1 aliphatic rings. The van der Waals surface area contributed by atoms with Gasteiger partial charge in [-0.1, -0.05) is 0 Å². The Hall–Kier alpha value is -2.00. The Morgan fingerprint density at radius 1 is 1.33 bits per heavy atom. The van der Waals surface area contributed by atoms with Crippen LogP contribution < -0.4 is 5.32 Å². The van der Waals surface area contributed by atoms with Gasteiger partial charge in [0, 0.05) is 25.4 Å². The van der Waals surface area contributed by atoms with Crippen LogP contribution in [0, 0.1) is 5.82 Å². The van der Waals surface area contributed by atoms with Crippen LogP contribution in [0.5, 0.6) is 0 Å². The van der Waals surface area contributed by atoms with Crippen LogP contribution in [-0.4, -0.2) is 62.9 Å². The Morgan fingerprint density at radius 3 is 2.54 bits per heavy atom. The first kappa shape index (κ1) is 18.3. The first-order valence-corrected chi connectivity index (χ1v) is 9.21. The van der Waals surface area contributed by atoms with E-state index < -0.39 is 33.5 Å². The summed E-state index contributed by atoms with van der Waals surface area (Å²) in [4.78, 5) is 25.8. The van der Waals surface area contributed by atoms with Crippen molar-refractivity contribution in [2.75, 3.05) is 37.1 Å². The fourth-order valence-electron chi connectivity index (χ4n) is 2.51. The first-order chi connectivity index (χ1) is 11.3. The van der Waals surface area contributed by atoms with Gasteiger partial charge in [-0.3, -0.25) is 9.59 Å². The number of rotatable bonds is 5. The van der Waals surface area contributed by atoms with Crippen molar-refractivity contribution in [1.29, 1.82) is 0 Å². The lowest BCUT2D eigenvalue weighted by Crippen LogP contribution is -2.47. The predicted molar refractivity (Wildman–Crippen MR) is 85.7 cm³/mol. The van der Waals surface area contributed by atoms with Crippen LogP contribution in [0.4, 0.5) is 10.1 Å². The molecule has 0 aromatic heterocycles. The highest BCUT2D eigenvalue weighted by atomic mass is 32.2. The van der Waals surface area contributed by atoms with Crippen molar-refractivity contribution >= 4 is 27.3 Å². The van der Waals surface area contributed by atoms with E-state index in [0.29, 0.717) is 6.42 Å². The van der Waals surface area contributed by atoms with Crippen LogP contribution in [0.1, 0.15) is 6.42 Å². The number of halogens is 1. The van der Waals surface area contributed by atoms with E-state index in [1.807, 2.05) is 0 Å². The molecule has 1 aromatic carbocycles. The Labute approximate surface area is 139 Å². The number of anilines is 1. The van der Waals surface area contributed by atoms with Gasteiger partial charge in [-0.25, -0.2) is 12.8 Å². The molecule has 0 spiro atoms. The molecule has 1 N–H and O–H groups in total. The zero-order chi connectivity index (χ0) is 17.7. The third-order valence-corrected chi connectivity index (χ3v) is 5.49. The zero-order valence-electron chi connectivity index (χ0n) is 13.2. The van der Waals surface area contributed by atoms with Gasteiger partial charge in [-0.2, -0.15) is 0 Å². The molecular weight excluding hydrogens is 339 g/mol. The second-order valence-electron chi connectivity index (χ2n) is 5.51. The molecule has 1 unspecified atom stereocenters. The van der Waals surface area contributed by atoms with Gasteiger partial charge in [0.2, 0.25) is 0 Å². The number of hydrogen-bond acceptors (Lipinski definition) is 5. The van der Waals surface area contributed by atoms with Crippen molar-refractivity contribution in [3.8, 4) is 0 Å². The van der Waals surface area contributed by atoms with Crippen LogP contribution in [0.2, 0.25) is 0 Å². The molecular formula is C15H19FN2O5S. The number of hydrogen-bond donors (Lipinski definition) is 1. The van der Waals surface area contributed by atoms with Gasteiger partial charge < -0.3 is 15.0 Å². The molecule has 9 heteroatoms. The number of amides is 2. The SMILES string of the molecule is COCCN(C(=O)C(=O)Nc1ccc(F)cc1)C1CCS(=O)(=O)C1. The molecule has 1 atom stereocenters. The number of methoxy groups -OCH3 is 1. The van der Waals surface area contributed by atoms with Gasteiger partial charge in [-0.05, 0) is 30.7 Å². The smallest absolute Gasteiger partial charge is 0.313 e. The third-order valence-electron chi connectivity index (χ3n) is 3.74. The number of sulfone groups is 1. The molecule has 7 nitrogen and oxygen atoms in total. The van der Waals surface area contributed by atoms with Crippen molar-refractivity contribution < 1.29 is 27.1 Å². The second kappa shape index (κ2) is 7.71. The molecule has 0 saturated carbocycles. The fraction of sp³-hybridized carbons (Fsp3) is 0.467. The van der Waals surface area contributed by atoms with E-state index in [-0.39, 0.29) is 30.3 Å². The molecule has 1 fully saturated rings. The van der Waals surface area contributed by atoms with Crippen LogP contribution in [0.3, 0.4) is 0 Å². The average Bonchev–Trinajstić information content (AvgIpc) is 2.89. The van der Waals surface area contributed by atoms with Gasteiger partial charge in [-0.15, -0.1) is 0 Å². The quantitative estimate of drug-likeness (QED) is 0.771. The Kier molecular flexibility index (Phi) is 5.89. The molecule has 132 valence electrons. The lowest BCUT2D eigenvalue weighted by atomic mass is 10.2. The number of benzene rings is 1. The summed E-state index contributed by atoms with van der Waals surface area (Å²) in [5.74, 6) is -2.36. The van der Waals surface area contributed by atoms with Gasteiger partial charge in [0.05, 0.1) is 18.1 Å². The number of nitrogens with one attached hydrogen (secondary N) is 1. The van der Waals surface area contributed by atoms with Crippen LogP contribution in [0.15, 0.2) is 24.3 Å². The van der Waals surface area contributed by atoms with Crippen LogP contribution in [0.25, 0.3) is 0 Å². The van der Waals surface area contributed by atoms with E-state index in [0.717, 1.165) is 12.1 Å². The summed E-state index contributed by atoms with van der Waals surface area (Å²) in [5, 5.41) is 2.38. The van der Waals surface area contributed by atoms with E-state index >= 15 is 0 Å². The second-order valence-corrected chi connectivity index (χ2v) is 7.74. The molecule has 2 amide bonds. The lowest BCUT2D eigenvalue weighted by molar-refractivity contribution is -0.144. The highest BCUT2D eigenvalue weighted by Crippen LogP contribution is 2.18. The third kappa shape index (κ3) is 4.75. The van der Waals surface area contributed by atoms with Crippen molar-refractivity contribution in [3.05, 3.63) is 30.1 Å². The molecule has 1 aromatic rings. The molecule has 2 rings (SSSR count). The summed E-state index contributed by atoms with van der Waals surface area (Å²) in [6.07, 6.45) is 0.293. The van der Waals surface area contributed by atoms with Crippen LogP contribution in [-0.2, 0) is 24.2 Å².